The number of nitrogens with zero attached hydrogens (tertiary/aromatic N) is 1. The van der Waals surface area contributed by atoms with E-state index in [1.807, 2.05) is 26.0 Å². The number of hydrogen-bond donors (Lipinski definition) is 0. The van der Waals surface area contributed by atoms with E-state index >= 15 is 0 Å². The van der Waals surface area contributed by atoms with Gasteiger partial charge in [0.1, 0.15) is 0 Å². The van der Waals surface area contributed by atoms with Crippen LogP contribution in [0.2, 0.25) is 0 Å². The molecule has 17 heavy (non-hydrogen) atoms. The zero-order valence-corrected chi connectivity index (χ0v) is 9.84. The zero-order chi connectivity index (χ0) is 12.6. The van der Waals surface area contributed by atoms with E-state index < -0.39 is 12.0 Å². The van der Waals surface area contributed by atoms with Crippen molar-refractivity contribution >= 4 is 11.9 Å². The quantitative estimate of drug-likeness (QED) is 0.772. The van der Waals surface area contributed by atoms with Crippen molar-refractivity contribution in [2.24, 2.45) is 0 Å². The summed E-state index contributed by atoms with van der Waals surface area (Å²) >= 11 is 0. The molecule has 0 saturated heterocycles. The zero-order valence-electron chi connectivity index (χ0n) is 9.84. The summed E-state index contributed by atoms with van der Waals surface area (Å²) in [7, 11) is 0. The maximum absolute atomic E-state index is 12.1. The molecule has 4 heteroatoms. The molecule has 1 heterocycles. The summed E-state index contributed by atoms with van der Waals surface area (Å²) in [5.74, 6) is -1.23. The summed E-state index contributed by atoms with van der Waals surface area (Å²) in [5, 5.41) is 10.8. The number of carbonyl (C=O) groups excluding carboxylic acids is 2. The van der Waals surface area contributed by atoms with Crippen LogP contribution in [-0.4, -0.2) is 22.8 Å². The van der Waals surface area contributed by atoms with Gasteiger partial charge in [0.05, 0.1) is 6.04 Å². The number of carbonyl (C=O) groups is 2. The van der Waals surface area contributed by atoms with E-state index in [0.717, 1.165) is 5.56 Å². The van der Waals surface area contributed by atoms with Crippen molar-refractivity contribution in [3.63, 3.8) is 0 Å². The predicted molar refractivity (Wildman–Crippen MR) is 60.1 cm³/mol. The van der Waals surface area contributed by atoms with Gasteiger partial charge >= 0.3 is 0 Å². The number of benzene rings is 1. The van der Waals surface area contributed by atoms with Crippen LogP contribution in [0, 0.1) is 0 Å². The van der Waals surface area contributed by atoms with Gasteiger partial charge in [0, 0.05) is 24.0 Å². The van der Waals surface area contributed by atoms with Crippen LogP contribution in [-0.2, 0) is 4.79 Å². The molecule has 2 rings (SSSR count). The van der Waals surface area contributed by atoms with E-state index in [2.05, 4.69) is 0 Å². The first-order chi connectivity index (χ1) is 8.02. The molecular weight excluding hydrogens is 218 g/mol. The first kappa shape index (κ1) is 11.6. The smallest absolute Gasteiger partial charge is 0.254 e. The maximum atomic E-state index is 12.1. The largest absolute Gasteiger partial charge is 0.550 e. The molecule has 1 aromatic carbocycles. The first-order valence-corrected chi connectivity index (χ1v) is 5.63. The molecule has 1 unspecified atom stereocenters. The third-order valence-electron chi connectivity index (χ3n) is 3.04. The molecule has 1 aromatic rings. The van der Waals surface area contributed by atoms with Gasteiger partial charge in [-0.15, -0.1) is 0 Å². The van der Waals surface area contributed by atoms with E-state index in [4.69, 9.17) is 0 Å². The highest BCUT2D eigenvalue weighted by molar-refractivity contribution is 5.99. The van der Waals surface area contributed by atoms with Gasteiger partial charge in [0.25, 0.3) is 5.91 Å². The summed E-state index contributed by atoms with van der Waals surface area (Å²) in [6.07, 6.45) is -0.152. The fraction of sp³-hybridized carbons (Fsp3) is 0.385. The molecule has 4 nitrogen and oxygen atoms in total. The molecule has 0 spiro atoms. The SMILES string of the molecule is CC(C)N1C(=O)c2ccccc2C1CC(=O)[O-]. The lowest BCUT2D eigenvalue weighted by Gasteiger charge is -2.29. The van der Waals surface area contributed by atoms with Gasteiger partial charge in [-0.3, -0.25) is 4.79 Å². The Balaban J connectivity index is 2.45. The van der Waals surface area contributed by atoms with Crippen molar-refractivity contribution in [2.45, 2.75) is 32.4 Å². The monoisotopic (exact) mass is 232 g/mol. The number of fused-ring (bicyclic) bond motifs is 1. The summed E-state index contributed by atoms with van der Waals surface area (Å²) in [5.41, 5.74) is 1.39. The fourth-order valence-corrected chi connectivity index (χ4v) is 2.37. The van der Waals surface area contributed by atoms with Crippen LogP contribution in [0.1, 0.15) is 42.2 Å². The van der Waals surface area contributed by atoms with E-state index in [-0.39, 0.29) is 18.4 Å². The average molecular weight is 232 g/mol. The van der Waals surface area contributed by atoms with E-state index in [9.17, 15) is 14.7 Å². The van der Waals surface area contributed by atoms with E-state index in [1.165, 1.54) is 0 Å². The predicted octanol–water partition coefficient (Wildman–Crippen LogP) is 0.732. The number of hydrogen-bond acceptors (Lipinski definition) is 3. The lowest BCUT2D eigenvalue weighted by atomic mass is 10.0. The highest BCUT2D eigenvalue weighted by Crippen LogP contribution is 2.36. The number of amides is 1. The molecule has 0 aliphatic carbocycles. The van der Waals surface area contributed by atoms with Crippen LogP contribution in [0.4, 0.5) is 0 Å². The summed E-state index contributed by atoms with van der Waals surface area (Å²) in [6.45, 7) is 3.76. The van der Waals surface area contributed by atoms with Crippen LogP contribution in [0.15, 0.2) is 24.3 Å². The molecule has 0 saturated carbocycles. The summed E-state index contributed by atoms with van der Waals surface area (Å²) in [6, 6.07) is 6.73. The van der Waals surface area contributed by atoms with Crippen LogP contribution in [0.3, 0.4) is 0 Å². The highest BCUT2D eigenvalue weighted by atomic mass is 16.4. The highest BCUT2D eigenvalue weighted by Gasteiger charge is 2.37. The van der Waals surface area contributed by atoms with Crippen LogP contribution in [0.25, 0.3) is 0 Å². The summed E-state index contributed by atoms with van der Waals surface area (Å²) < 4.78 is 0. The fourth-order valence-electron chi connectivity index (χ4n) is 2.37. The number of aliphatic carboxylic acids is 1. The average Bonchev–Trinajstić information content (AvgIpc) is 2.52. The second-order valence-electron chi connectivity index (χ2n) is 4.49. The van der Waals surface area contributed by atoms with Crippen LogP contribution >= 0.6 is 0 Å². The van der Waals surface area contributed by atoms with Gasteiger partial charge in [-0.1, -0.05) is 18.2 Å². The molecule has 1 atom stereocenters. The van der Waals surface area contributed by atoms with Gasteiger partial charge in [0.2, 0.25) is 0 Å². The number of carboxylic acids is 1. The van der Waals surface area contributed by atoms with Crippen LogP contribution < -0.4 is 5.11 Å². The minimum Gasteiger partial charge on any atom is -0.550 e. The number of rotatable bonds is 3. The Hall–Kier alpha value is -1.84. The van der Waals surface area contributed by atoms with E-state index in [0.29, 0.717) is 5.56 Å². The third kappa shape index (κ3) is 1.90. The molecule has 0 fully saturated rings. The molecule has 0 aromatic heterocycles. The van der Waals surface area contributed by atoms with E-state index in [1.54, 1.807) is 17.0 Å². The molecule has 90 valence electrons. The van der Waals surface area contributed by atoms with Crippen LogP contribution in [0.5, 0.6) is 0 Å². The summed E-state index contributed by atoms with van der Waals surface area (Å²) in [4.78, 5) is 24.5. The van der Waals surface area contributed by atoms with Gasteiger partial charge in [-0.25, -0.2) is 0 Å². The molecule has 1 aliphatic heterocycles. The van der Waals surface area contributed by atoms with Crippen molar-refractivity contribution in [1.29, 1.82) is 0 Å². The molecule has 1 amide bonds. The lowest BCUT2D eigenvalue weighted by Crippen LogP contribution is -2.37. The second-order valence-corrected chi connectivity index (χ2v) is 4.49. The molecule has 0 bridgehead atoms. The van der Waals surface area contributed by atoms with Crippen molar-refractivity contribution in [1.82, 2.24) is 4.90 Å². The molecule has 0 N–H and O–H groups in total. The standard InChI is InChI=1S/C13H15NO3/c1-8(2)14-11(7-12(15)16)9-5-3-4-6-10(9)13(14)17/h3-6,8,11H,7H2,1-2H3,(H,15,16)/p-1. The Morgan fingerprint density at radius 1 is 1.41 bits per heavy atom. The minimum absolute atomic E-state index is 0.0285. The maximum Gasteiger partial charge on any atom is 0.254 e. The second kappa shape index (κ2) is 4.20. The lowest BCUT2D eigenvalue weighted by molar-refractivity contribution is -0.306. The third-order valence-corrected chi connectivity index (χ3v) is 3.04. The topological polar surface area (TPSA) is 60.4 Å². The Morgan fingerprint density at radius 3 is 2.65 bits per heavy atom. The Labute approximate surface area is 99.9 Å². The van der Waals surface area contributed by atoms with Crippen molar-refractivity contribution in [2.75, 3.05) is 0 Å². The molecule has 1 aliphatic rings. The normalized spacial score (nSPS) is 18.6. The first-order valence-electron chi connectivity index (χ1n) is 5.63. The molecular formula is C13H14NO3-. The number of carboxylic acid groups (broad SMARTS) is 1. The van der Waals surface area contributed by atoms with Crippen molar-refractivity contribution < 1.29 is 14.7 Å². The molecule has 0 radical (unpaired) electrons. The Morgan fingerprint density at radius 2 is 2.06 bits per heavy atom. The van der Waals surface area contributed by atoms with Gasteiger partial charge in [0.15, 0.2) is 0 Å². The van der Waals surface area contributed by atoms with Gasteiger partial charge in [-0.2, -0.15) is 0 Å². The van der Waals surface area contributed by atoms with Gasteiger partial charge < -0.3 is 14.8 Å². The Kier molecular flexibility index (Phi) is 2.88. The van der Waals surface area contributed by atoms with Gasteiger partial charge in [-0.05, 0) is 25.5 Å². The minimum atomic E-state index is -1.13. The Bertz CT molecular complexity index is 467. The van der Waals surface area contributed by atoms with Crippen molar-refractivity contribution in [3.8, 4) is 0 Å². The van der Waals surface area contributed by atoms with Crippen molar-refractivity contribution in [3.05, 3.63) is 35.4 Å².